The molecule has 3 rings (SSSR count). The number of hydrogen-bond acceptors (Lipinski definition) is 4. The second-order valence-electron chi connectivity index (χ2n) is 6.54. The van der Waals surface area contributed by atoms with Crippen molar-refractivity contribution in [3.63, 3.8) is 0 Å². The molecule has 1 aliphatic rings. The first-order valence-corrected chi connectivity index (χ1v) is 10.1. The zero-order valence-corrected chi connectivity index (χ0v) is 16.3. The van der Waals surface area contributed by atoms with Crippen LogP contribution in [0.15, 0.2) is 30.3 Å². The van der Waals surface area contributed by atoms with Crippen LogP contribution < -0.4 is 5.32 Å². The van der Waals surface area contributed by atoms with Gasteiger partial charge in [-0.15, -0.1) is 11.3 Å². The van der Waals surface area contributed by atoms with Gasteiger partial charge in [0.05, 0.1) is 6.04 Å². The van der Waals surface area contributed by atoms with Crippen LogP contribution >= 0.6 is 22.9 Å². The normalized spacial score (nSPS) is 14.8. The minimum atomic E-state index is -0.419. The number of esters is 1. The fraction of sp³-hybridized carbons (Fsp3) is 0.400. The number of halogens is 1. The average Bonchev–Trinajstić information content (AvgIpc) is 2.91. The lowest BCUT2D eigenvalue weighted by Gasteiger charge is -2.14. The van der Waals surface area contributed by atoms with E-state index >= 15 is 0 Å². The molecule has 0 saturated carbocycles. The van der Waals surface area contributed by atoms with E-state index in [0.717, 1.165) is 18.4 Å². The lowest BCUT2D eigenvalue weighted by molar-refractivity contribution is -0.124. The van der Waals surface area contributed by atoms with Crippen molar-refractivity contribution in [3.8, 4) is 0 Å². The Morgan fingerprint density at radius 1 is 1.19 bits per heavy atom. The van der Waals surface area contributed by atoms with Crippen molar-refractivity contribution < 1.29 is 14.3 Å². The summed E-state index contributed by atoms with van der Waals surface area (Å²) in [6.45, 7) is 1.60. The topological polar surface area (TPSA) is 55.4 Å². The summed E-state index contributed by atoms with van der Waals surface area (Å²) in [6, 6.07) is 9.02. The number of hydrogen-bond donors (Lipinski definition) is 1. The van der Waals surface area contributed by atoms with Crippen LogP contribution in [-0.2, 0) is 22.4 Å². The molecule has 2 aromatic rings. The first kappa shape index (κ1) is 18.9. The molecular weight excluding hydrogens is 370 g/mol. The van der Waals surface area contributed by atoms with E-state index in [4.69, 9.17) is 16.3 Å². The monoisotopic (exact) mass is 391 g/mol. The molecule has 1 N–H and O–H groups in total. The number of carbonyl (C=O) groups excluding carboxylic acids is 2. The summed E-state index contributed by atoms with van der Waals surface area (Å²) in [4.78, 5) is 26.2. The zero-order chi connectivity index (χ0) is 18.5. The van der Waals surface area contributed by atoms with E-state index in [1.165, 1.54) is 41.0 Å². The van der Waals surface area contributed by atoms with Crippen LogP contribution in [0.5, 0.6) is 0 Å². The molecule has 26 heavy (non-hydrogen) atoms. The predicted octanol–water partition coefficient (Wildman–Crippen LogP) is 4.70. The highest BCUT2D eigenvalue weighted by molar-refractivity contribution is 7.14. The van der Waals surface area contributed by atoms with Crippen LogP contribution in [0.2, 0.25) is 5.02 Å². The van der Waals surface area contributed by atoms with Gasteiger partial charge in [0.2, 0.25) is 0 Å². The van der Waals surface area contributed by atoms with E-state index in [2.05, 4.69) is 5.32 Å². The maximum absolute atomic E-state index is 12.2. The molecule has 0 fully saturated rings. The third kappa shape index (κ3) is 4.86. The number of ether oxygens (including phenoxy) is 1. The van der Waals surface area contributed by atoms with Crippen molar-refractivity contribution in [2.24, 2.45) is 0 Å². The minimum Gasteiger partial charge on any atom is -0.451 e. The van der Waals surface area contributed by atoms with Gasteiger partial charge in [0.25, 0.3) is 5.91 Å². The number of carbonyl (C=O) groups is 2. The number of amides is 1. The van der Waals surface area contributed by atoms with E-state index in [9.17, 15) is 9.59 Å². The number of nitrogens with one attached hydrogen (secondary N) is 1. The van der Waals surface area contributed by atoms with Crippen LogP contribution in [0.1, 0.15) is 57.9 Å². The number of benzene rings is 1. The number of thiophene rings is 1. The highest BCUT2D eigenvalue weighted by atomic mass is 35.5. The molecule has 0 radical (unpaired) electrons. The van der Waals surface area contributed by atoms with Gasteiger partial charge in [-0.25, -0.2) is 4.79 Å². The van der Waals surface area contributed by atoms with Crippen molar-refractivity contribution >= 4 is 34.8 Å². The highest BCUT2D eigenvalue weighted by Crippen LogP contribution is 2.29. The smallest absolute Gasteiger partial charge is 0.348 e. The number of rotatable bonds is 5. The van der Waals surface area contributed by atoms with Gasteiger partial charge in [-0.05, 0) is 61.9 Å². The summed E-state index contributed by atoms with van der Waals surface area (Å²) < 4.78 is 5.19. The molecule has 0 spiro atoms. The third-order valence-electron chi connectivity index (χ3n) is 4.53. The largest absolute Gasteiger partial charge is 0.451 e. The van der Waals surface area contributed by atoms with Crippen LogP contribution in [0.4, 0.5) is 0 Å². The SMILES string of the molecule is C[C@H](NC(=O)COC(=O)c1cc2c(s1)CCCCC2)c1ccc(Cl)cc1. The van der Waals surface area contributed by atoms with Crippen LogP contribution in [0, 0.1) is 0 Å². The predicted molar refractivity (Wildman–Crippen MR) is 104 cm³/mol. The standard InChI is InChI=1S/C20H22ClNO3S/c1-13(14-7-9-16(21)10-8-14)22-19(23)12-25-20(24)18-11-15-5-3-2-4-6-17(15)26-18/h7-11,13H,2-6,12H2,1H3,(H,22,23)/t13-/m0/s1. The molecular formula is C20H22ClNO3S. The second kappa shape index (κ2) is 8.69. The summed E-state index contributed by atoms with van der Waals surface area (Å²) in [7, 11) is 0. The summed E-state index contributed by atoms with van der Waals surface area (Å²) >= 11 is 7.37. The fourth-order valence-corrected chi connectivity index (χ4v) is 4.36. The van der Waals surface area contributed by atoms with Crippen LogP contribution in [0.3, 0.4) is 0 Å². The Balaban J connectivity index is 1.51. The molecule has 6 heteroatoms. The first-order valence-electron chi connectivity index (χ1n) is 8.86. The summed E-state index contributed by atoms with van der Waals surface area (Å²) in [5.74, 6) is -0.740. The Labute approximate surface area is 162 Å². The first-order chi connectivity index (χ1) is 12.5. The highest BCUT2D eigenvalue weighted by Gasteiger charge is 2.18. The van der Waals surface area contributed by atoms with E-state index in [-0.39, 0.29) is 18.6 Å². The molecule has 0 aliphatic heterocycles. The van der Waals surface area contributed by atoms with E-state index < -0.39 is 5.97 Å². The van der Waals surface area contributed by atoms with Crippen molar-refractivity contribution in [3.05, 3.63) is 56.2 Å². The maximum atomic E-state index is 12.2. The summed E-state index contributed by atoms with van der Waals surface area (Å²) in [5, 5.41) is 3.47. The van der Waals surface area contributed by atoms with Gasteiger partial charge in [-0.1, -0.05) is 30.2 Å². The van der Waals surface area contributed by atoms with Crippen molar-refractivity contribution in [2.75, 3.05) is 6.61 Å². The van der Waals surface area contributed by atoms with E-state index in [1.54, 1.807) is 12.1 Å². The van der Waals surface area contributed by atoms with E-state index in [1.807, 2.05) is 25.1 Å². The molecule has 0 unspecified atom stereocenters. The lowest BCUT2D eigenvalue weighted by atomic mass is 10.1. The number of aryl methyl sites for hydroxylation is 2. The third-order valence-corrected chi connectivity index (χ3v) is 6.00. The summed E-state index contributed by atoms with van der Waals surface area (Å²) in [5.41, 5.74) is 2.20. The number of fused-ring (bicyclic) bond motifs is 1. The molecule has 1 aromatic carbocycles. The van der Waals surface area contributed by atoms with Gasteiger partial charge in [0, 0.05) is 9.90 Å². The Bertz CT molecular complexity index is 761. The lowest BCUT2D eigenvalue weighted by Crippen LogP contribution is -2.31. The quantitative estimate of drug-likeness (QED) is 0.593. The molecule has 0 bridgehead atoms. The Kier molecular flexibility index (Phi) is 6.33. The van der Waals surface area contributed by atoms with Crippen molar-refractivity contribution in [1.82, 2.24) is 5.32 Å². The average molecular weight is 392 g/mol. The van der Waals surface area contributed by atoms with Crippen molar-refractivity contribution in [2.45, 2.75) is 45.1 Å². The Morgan fingerprint density at radius 3 is 2.69 bits per heavy atom. The summed E-state index contributed by atoms with van der Waals surface area (Å²) in [6.07, 6.45) is 5.65. The molecule has 1 amide bonds. The Hall–Kier alpha value is -1.85. The van der Waals surface area contributed by atoms with Gasteiger partial charge in [0.15, 0.2) is 6.61 Å². The molecule has 4 nitrogen and oxygen atoms in total. The van der Waals surface area contributed by atoms with Gasteiger partial charge in [-0.3, -0.25) is 4.79 Å². The minimum absolute atomic E-state index is 0.184. The van der Waals surface area contributed by atoms with Crippen LogP contribution in [-0.4, -0.2) is 18.5 Å². The molecule has 0 saturated heterocycles. The fourth-order valence-electron chi connectivity index (χ4n) is 3.09. The molecule has 1 atom stereocenters. The molecule has 1 heterocycles. The van der Waals surface area contributed by atoms with Gasteiger partial charge in [-0.2, -0.15) is 0 Å². The van der Waals surface area contributed by atoms with Crippen LogP contribution in [0.25, 0.3) is 0 Å². The van der Waals surface area contributed by atoms with Crippen molar-refractivity contribution in [1.29, 1.82) is 0 Å². The maximum Gasteiger partial charge on any atom is 0.348 e. The van der Waals surface area contributed by atoms with Gasteiger partial charge in [0.1, 0.15) is 4.88 Å². The van der Waals surface area contributed by atoms with Gasteiger partial charge < -0.3 is 10.1 Å². The van der Waals surface area contributed by atoms with Gasteiger partial charge >= 0.3 is 5.97 Å². The molecule has 1 aromatic heterocycles. The Morgan fingerprint density at radius 2 is 1.92 bits per heavy atom. The zero-order valence-electron chi connectivity index (χ0n) is 14.7. The molecule has 138 valence electrons. The second-order valence-corrected chi connectivity index (χ2v) is 8.11. The molecule has 1 aliphatic carbocycles. The van der Waals surface area contributed by atoms with E-state index in [0.29, 0.717) is 9.90 Å².